The Morgan fingerprint density at radius 2 is 2.00 bits per heavy atom. The molecular formula is C15H24FNO3. The van der Waals surface area contributed by atoms with E-state index in [1.165, 1.54) is 6.07 Å². The van der Waals surface area contributed by atoms with Crippen LogP contribution < -0.4 is 10.5 Å². The number of hydrogen-bond acceptors (Lipinski definition) is 4. The maximum absolute atomic E-state index is 13.8. The van der Waals surface area contributed by atoms with Crippen LogP contribution in [0.1, 0.15) is 18.9 Å². The van der Waals surface area contributed by atoms with Gasteiger partial charge in [-0.1, -0.05) is 6.07 Å². The van der Waals surface area contributed by atoms with Gasteiger partial charge in [-0.15, -0.1) is 0 Å². The first-order valence-electron chi connectivity index (χ1n) is 6.87. The molecule has 1 aromatic rings. The van der Waals surface area contributed by atoms with Crippen LogP contribution in [0, 0.1) is 5.82 Å². The molecule has 114 valence electrons. The minimum Gasteiger partial charge on any atom is -0.490 e. The summed E-state index contributed by atoms with van der Waals surface area (Å²) in [5, 5.41) is 0. The van der Waals surface area contributed by atoms with E-state index in [4.69, 9.17) is 19.9 Å². The molecule has 0 aliphatic heterocycles. The van der Waals surface area contributed by atoms with Crippen LogP contribution in [0.2, 0.25) is 0 Å². The zero-order valence-corrected chi connectivity index (χ0v) is 12.2. The summed E-state index contributed by atoms with van der Waals surface area (Å²) in [4.78, 5) is 0. The van der Waals surface area contributed by atoms with E-state index in [0.717, 1.165) is 5.56 Å². The third kappa shape index (κ3) is 6.84. The first-order valence-corrected chi connectivity index (χ1v) is 6.87. The van der Waals surface area contributed by atoms with Crippen LogP contribution in [0.5, 0.6) is 5.75 Å². The van der Waals surface area contributed by atoms with Crippen LogP contribution in [-0.2, 0) is 15.9 Å². The number of benzene rings is 1. The Labute approximate surface area is 120 Å². The van der Waals surface area contributed by atoms with E-state index >= 15 is 0 Å². The van der Waals surface area contributed by atoms with Gasteiger partial charge < -0.3 is 19.9 Å². The maximum Gasteiger partial charge on any atom is 0.165 e. The lowest BCUT2D eigenvalue weighted by Crippen LogP contribution is -2.17. The minimum atomic E-state index is -0.344. The van der Waals surface area contributed by atoms with Crippen molar-refractivity contribution in [2.45, 2.75) is 25.8 Å². The average Bonchev–Trinajstić information content (AvgIpc) is 2.39. The fourth-order valence-corrected chi connectivity index (χ4v) is 1.75. The summed E-state index contributed by atoms with van der Waals surface area (Å²) in [7, 11) is 1.63. The Bertz CT molecular complexity index is 385. The number of rotatable bonds is 10. The standard InChI is InChI=1S/C15H24FNO3/c1-12(17)10-13-4-5-15(14(16)11-13)20-7-3-6-19-9-8-18-2/h4-5,11-12H,3,6-10,17H2,1-2H3. The largest absolute Gasteiger partial charge is 0.490 e. The van der Waals surface area contributed by atoms with Gasteiger partial charge in [0.15, 0.2) is 11.6 Å². The molecule has 0 radical (unpaired) electrons. The van der Waals surface area contributed by atoms with Crippen molar-refractivity contribution in [3.05, 3.63) is 29.6 Å². The predicted octanol–water partition coefficient (Wildman–Crippen LogP) is 2.15. The highest BCUT2D eigenvalue weighted by Gasteiger charge is 2.06. The molecule has 4 nitrogen and oxygen atoms in total. The van der Waals surface area contributed by atoms with Crippen molar-refractivity contribution in [1.29, 1.82) is 0 Å². The second kappa shape index (κ2) is 9.69. The number of hydrogen-bond donors (Lipinski definition) is 1. The molecule has 1 atom stereocenters. The maximum atomic E-state index is 13.8. The van der Waals surface area contributed by atoms with E-state index in [2.05, 4.69) is 0 Å². The van der Waals surface area contributed by atoms with Crippen LogP contribution in [0.4, 0.5) is 4.39 Å². The molecule has 1 aromatic carbocycles. The molecule has 0 saturated carbocycles. The Kier molecular flexibility index (Phi) is 8.18. The van der Waals surface area contributed by atoms with Crippen LogP contribution in [0.15, 0.2) is 18.2 Å². The van der Waals surface area contributed by atoms with Gasteiger partial charge in [0.25, 0.3) is 0 Å². The normalized spacial score (nSPS) is 12.4. The lowest BCUT2D eigenvalue weighted by Gasteiger charge is -2.10. The molecule has 0 heterocycles. The molecule has 0 fully saturated rings. The van der Waals surface area contributed by atoms with E-state index in [-0.39, 0.29) is 17.6 Å². The van der Waals surface area contributed by atoms with Gasteiger partial charge in [0, 0.05) is 26.2 Å². The summed E-state index contributed by atoms with van der Waals surface area (Å²) in [6.07, 6.45) is 1.37. The smallest absolute Gasteiger partial charge is 0.165 e. The molecule has 0 aromatic heterocycles. The summed E-state index contributed by atoms with van der Waals surface area (Å²) >= 11 is 0. The third-order valence-corrected chi connectivity index (χ3v) is 2.68. The first-order chi connectivity index (χ1) is 9.63. The van der Waals surface area contributed by atoms with E-state index in [1.807, 2.05) is 13.0 Å². The zero-order chi connectivity index (χ0) is 14.8. The molecule has 5 heteroatoms. The SMILES string of the molecule is COCCOCCCOc1ccc(CC(C)N)cc1F. The summed E-state index contributed by atoms with van der Waals surface area (Å²) in [5.74, 6) is -0.0706. The molecule has 0 amide bonds. The molecule has 0 aliphatic carbocycles. The molecule has 0 saturated heterocycles. The van der Waals surface area contributed by atoms with Gasteiger partial charge in [0.1, 0.15) is 0 Å². The Balaban J connectivity index is 2.26. The molecular weight excluding hydrogens is 261 g/mol. The Morgan fingerprint density at radius 1 is 1.20 bits per heavy atom. The van der Waals surface area contributed by atoms with Crippen LogP contribution >= 0.6 is 0 Å². The van der Waals surface area contributed by atoms with Gasteiger partial charge in [-0.3, -0.25) is 0 Å². The number of halogens is 1. The first kappa shape index (κ1) is 16.9. The fraction of sp³-hybridized carbons (Fsp3) is 0.600. The summed E-state index contributed by atoms with van der Waals surface area (Å²) < 4.78 is 29.3. The molecule has 2 N–H and O–H groups in total. The Morgan fingerprint density at radius 3 is 2.65 bits per heavy atom. The molecule has 0 aliphatic rings. The second-order valence-electron chi connectivity index (χ2n) is 4.75. The molecule has 0 bridgehead atoms. The second-order valence-corrected chi connectivity index (χ2v) is 4.75. The highest BCUT2D eigenvalue weighted by atomic mass is 19.1. The van der Waals surface area contributed by atoms with Crippen molar-refractivity contribution >= 4 is 0 Å². The van der Waals surface area contributed by atoms with E-state index < -0.39 is 0 Å². The number of nitrogens with two attached hydrogens (primary N) is 1. The van der Waals surface area contributed by atoms with E-state index in [0.29, 0.717) is 39.3 Å². The van der Waals surface area contributed by atoms with Crippen molar-refractivity contribution in [2.75, 3.05) is 33.5 Å². The van der Waals surface area contributed by atoms with E-state index in [9.17, 15) is 4.39 Å². The number of ether oxygens (including phenoxy) is 3. The van der Waals surface area contributed by atoms with Gasteiger partial charge in [0.2, 0.25) is 0 Å². The van der Waals surface area contributed by atoms with E-state index in [1.54, 1.807) is 13.2 Å². The lowest BCUT2D eigenvalue weighted by atomic mass is 10.1. The molecule has 1 rings (SSSR count). The zero-order valence-electron chi connectivity index (χ0n) is 12.2. The summed E-state index contributed by atoms with van der Waals surface area (Å²) in [5.41, 5.74) is 6.57. The fourth-order valence-electron chi connectivity index (χ4n) is 1.75. The van der Waals surface area contributed by atoms with Crippen molar-refractivity contribution in [3.63, 3.8) is 0 Å². The third-order valence-electron chi connectivity index (χ3n) is 2.68. The van der Waals surface area contributed by atoms with Crippen LogP contribution in [0.25, 0.3) is 0 Å². The molecule has 20 heavy (non-hydrogen) atoms. The van der Waals surface area contributed by atoms with Crippen molar-refractivity contribution in [3.8, 4) is 5.75 Å². The van der Waals surface area contributed by atoms with Crippen molar-refractivity contribution in [1.82, 2.24) is 0 Å². The molecule has 1 unspecified atom stereocenters. The topological polar surface area (TPSA) is 53.7 Å². The quantitative estimate of drug-likeness (QED) is 0.669. The highest BCUT2D eigenvalue weighted by molar-refractivity contribution is 5.29. The number of methoxy groups -OCH3 is 1. The molecule has 0 spiro atoms. The van der Waals surface area contributed by atoms with Crippen LogP contribution in [-0.4, -0.2) is 39.6 Å². The lowest BCUT2D eigenvalue weighted by molar-refractivity contribution is 0.0642. The summed E-state index contributed by atoms with van der Waals surface area (Å²) in [6.45, 7) is 4.05. The predicted molar refractivity (Wildman–Crippen MR) is 76.6 cm³/mol. The van der Waals surface area contributed by atoms with Crippen molar-refractivity contribution in [2.24, 2.45) is 5.73 Å². The van der Waals surface area contributed by atoms with Gasteiger partial charge in [-0.25, -0.2) is 4.39 Å². The minimum absolute atomic E-state index is 0.0189. The van der Waals surface area contributed by atoms with Crippen molar-refractivity contribution < 1.29 is 18.6 Å². The monoisotopic (exact) mass is 285 g/mol. The van der Waals surface area contributed by atoms with Crippen LogP contribution in [0.3, 0.4) is 0 Å². The van der Waals surface area contributed by atoms with Gasteiger partial charge in [-0.2, -0.15) is 0 Å². The highest BCUT2D eigenvalue weighted by Crippen LogP contribution is 2.19. The van der Waals surface area contributed by atoms with Gasteiger partial charge in [0.05, 0.1) is 19.8 Å². The van der Waals surface area contributed by atoms with Gasteiger partial charge in [-0.05, 0) is 31.0 Å². The Hall–Kier alpha value is -1.17. The summed E-state index contributed by atoms with van der Waals surface area (Å²) in [6, 6.07) is 4.99. The average molecular weight is 285 g/mol. The van der Waals surface area contributed by atoms with Gasteiger partial charge >= 0.3 is 0 Å².